The highest BCUT2D eigenvalue weighted by Crippen LogP contribution is 2.36. The quantitative estimate of drug-likeness (QED) is 0.171. The summed E-state index contributed by atoms with van der Waals surface area (Å²) in [6, 6.07) is 16.9. The summed E-state index contributed by atoms with van der Waals surface area (Å²) in [4.78, 5) is 10.8. The molecule has 1 saturated carbocycles. The highest BCUT2D eigenvalue weighted by atomic mass is 32.2. The molecule has 1 fully saturated rings. The smallest absolute Gasteiger partial charge is 0.302 e. The number of pyridine rings is 1. The summed E-state index contributed by atoms with van der Waals surface area (Å²) in [6.45, 7) is 1.82. The van der Waals surface area contributed by atoms with Crippen molar-refractivity contribution >= 4 is 27.4 Å². The molecule has 9 nitrogen and oxygen atoms in total. The lowest BCUT2D eigenvalue weighted by Gasteiger charge is -2.15. The van der Waals surface area contributed by atoms with Gasteiger partial charge in [-0.25, -0.2) is 13.4 Å². The minimum atomic E-state index is -3.75. The Hall–Kier alpha value is -3.73. The van der Waals surface area contributed by atoms with Crippen LogP contribution in [0.1, 0.15) is 60.7 Å². The van der Waals surface area contributed by atoms with E-state index in [9.17, 15) is 13.5 Å². The van der Waals surface area contributed by atoms with Crippen LogP contribution in [0.25, 0.3) is 0 Å². The van der Waals surface area contributed by atoms with Gasteiger partial charge < -0.3 is 14.8 Å². The van der Waals surface area contributed by atoms with Gasteiger partial charge in [-0.05, 0) is 79.3 Å². The molecule has 4 aromatic rings. The first kappa shape index (κ1) is 29.3. The molecule has 2 aliphatic rings. The zero-order valence-electron chi connectivity index (χ0n) is 24.3. The fourth-order valence-corrected chi connectivity index (χ4v) is 7.15. The van der Waals surface area contributed by atoms with Gasteiger partial charge >= 0.3 is 6.01 Å². The molecule has 1 aliphatic carbocycles. The van der Waals surface area contributed by atoms with Gasteiger partial charge in [0.1, 0.15) is 5.76 Å². The second-order valence-corrected chi connectivity index (χ2v) is 13.2. The van der Waals surface area contributed by atoms with Crippen LogP contribution in [-0.2, 0) is 29.3 Å². The molecular formula is C33H39N5O4S. The lowest BCUT2D eigenvalue weighted by molar-refractivity contribution is 0.174. The van der Waals surface area contributed by atoms with Crippen molar-refractivity contribution in [1.82, 2.24) is 15.3 Å². The fraction of sp³-hybridized carbons (Fsp3) is 0.394. The van der Waals surface area contributed by atoms with Crippen LogP contribution in [0.4, 0.5) is 17.4 Å². The number of anilines is 3. The van der Waals surface area contributed by atoms with Gasteiger partial charge in [0.15, 0.2) is 0 Å². The molecule has 1 aliphatic heterocycles. The molecule has 10 heteroatoms. The predicted molar refractivity (Wildman–Crippen MR) is 167 cm³/mol. The molecule has 0 radical (unpaired) electrons. The maximum Gasteiger partial charge on any atom is 0.302 e. The summed E-state index contributed by atoms with van der Waals surface area (Å²) in [7, 11) is -3.75. The summed E-state index contributed by atoms with van der Waals surface area (Å²) in [5, 5.41) is 13.5. The number of sulfonamides is 1. The van der Waals surface area contributed by atoms with E-state index in [-0.39, 0.29) is 4.90 Å². The Labute approximate surface area is 253 Å². The molecule has 0 amide bonds. The zero-order chi connectivity index (χ0) is 29.6. The normalized spacial score (nSPS) is 16.0. The van der Waals surface area contributed by atoms with Crippen LogP contribution in [-0.4, -0.2) is 43.1 Å². The van der Waals surface area contributed by atoms with Crippen molar-refractivity contribution in [3.8, 4) is 0 Å². The number of aromatic nitrogens is 2. The molecule has 0 bridgehead atoms. The van der Waals surface area contributed by atoms with E-state index in [2.05, 4.69) is 20.0 Å². The Bertz CT molecular complexity index is 1600. The summed E-state index contributed by atoms with van der Waals surface area (Å²) < 4.78 is 35.2. The SMILES string of the molecule is O=S(=O)(Nc1ccc(CCNCC(O)c2cccnc2)cc1)c1ccc2c(c1)CCN2c1ncc(CCC2CCCC2)o1. The molecular weight excluding hydrogens is 562 g/mol. The molecule has 0 saturated heterocycles. The Morgan fingerprint density at radius 2 is 1.88 bits per heavy atom. The molecule has 1 atom stereocenters. The van der Waals surface area contributed by atoms with Crippen molar-refractivity contribution in [2.75, 3.05) is 29.3 Å². The van der Waals surface area contributed by atoms with E-state index in [1.807, 2.05) is 35.4 Å². The van der Waals surface area contributed by atoms with Crippen LogP contribution in [0.2, 0.25) is 0 Å². The van der Waals surface area contributed by atoms with Gasteiger partial charge in [0, 0.05) is 48.8 Å². The van der Waals surface area contributed by atoms with Crippen molar-refractivity contribution in [2.24, 2.45) is 5.92 Å². The van der Waals surface area contributed by atoms with Crippen LogP contribution >= 0.6 is 0 Å². The van der Waals surface area contributed by atoms with Crippen LogP contribution in [0.15, 0.2) is 82.5 Å². The van der Waals surface area contributed by atoms with Gasteiger partial charge in [0.05, 0.1) is 17.2 Å². The number of aliphatic hydroxyl groups is 1. The first-order valence-electron chi connectivity index (χ1n) is 15.2. The van der Waals surface area contributed by atoms with E-state index < -0.39 is 16.1 Å². The molecule has 43 heavy (non-hydrogen) atoms. The first-order valence-corrected chi connectivity index (χ1v) is 16.7. The van der Waals surface area contributed by atoms with E-state index in [0.29, 0.717) is 31.3 Å². The predicted octanol–water partition coefficient (Wildman–Crippen LogP) is 5.55. The number of nitrogens with zero attached hydrogens (tertiary/aromatic N) is 3. The summed E-state index contributed by atoms with van der Waals surface area (Å²) >= 11 is 0. The summed E-state index contributed by atoms with van der Waals surface area (Å²) in [6.07, 6.45) is 13.4. The van der Waals surface area contributed by atoms with Crippen molar-refractivity contribution in [2.45, 2.75) is 62.4 Å². The minimum absolute atomic E-state index is 0.234. The molecule has 2 aromatic heterocycles. The Kier molecular flexibility index (Phi) is 9.06. The molecule has 226 valence electrons. The van der Waals surface area contributed by atoms with Gasteiger partial charge in [0.25, 0.3) is 10.0 Å². The van der Waals surface area contributed by atoms with Crippen LogP contribution in [0.3, 0.4) is 0 Å². The van der Waals surface area contributed by atoms with Crippen LogP contribution < -0.4 is 14.9 Å². The number of nitrogens with one attached hydrogen (secondary N) is 2. The number of benzene rings is 2. The number of aliphatic hydroxyl groups excluding tert-OH is 1. The first-order chi connectivity index (χ1) is 20.9. The van der Waals surface area contributed by atoms with Gasteiger partial charge in [-0.15, -0.1) is 0 Å². The largest absolute Gasteiger partial charge is 0.428 e. The van der Waals surface area contributed by atoms with Crippen LogP contribution in [0.5, 0.6) is 0 Å². The number of fused-ring (bicyclic) bond motifs is 1. The fourth-order valence-electron chi connectivity index (χ4n) is 6.04. The second kappa shape index (κ2) is 13.3. The number of hydrogen-bond donors (Lipinski definition) is 3. The van der Waals surface area contributed by atoms with Crippen molar-refractivity contribution in [3.63, 3.8) is 0 Å². The number of aryl methyl sites for hydroxylation is 1. The Morgan fingerprint density at radius 1 is 1.05 bits per heavy atom. The van der Waals surface area contributed by atoms with Gasteiger partial charge in [-0.3, -0.25) is 14.6 Å². The standard InChI is InChI=1S/C33H39N5O4S/c39-32(27-6-3-17-34-21-27)23-35-18-15-25-7-10-28(11-8-25)37-43(40,41)30-13-14-31-26(20-30)16-19-38(31)33-36-22-29(42-33)12-9-24-4-1-2-5-24/h3,6-8,10-11,13-14,17,20-22,24,32,35,37,39H,1-2,4-5,9,12,15-16,18-19,23H2. The van der Waals surface area contributed by atoms with Gasteiger partial charge in [-0.2, -0.15) is 0 Å². The third kappa shape index (κ3) is 7.26. The molecule has 2 aromatic carbocycles. The third-order valence-corrected chi connectivity index (χ3v) is 9.89. The molecule has 3 N–H and O–H groups in total. The van der Waals surface area contributed by atoms with Crippen LogP contribution in [0, 0.1) is 5.92 Å². The molecule has 1 unspecified atom stereocenters. The van der Waals surface area contributed by atoms with Gasteiger partial charge in [-0.1, -0.05) is 43.9 Å². The molecule has 3 heterocycles. The molecule has 6 rings (SSSR count). The number of oxazole rings is 1. The zero-order valence-corrected chi connectivity index (χ0v) is 25.1. The molecule has 0 spiro atoms. The van der Waals surface area contributed by atoms with Crippen molar-refractivity contribution in [1.29, 1.82) is 0 Å². The van der Waals surface area contributed by atoms with E-state index in [0.717, 1.165) is 59.7 Å². The second-order valence-electron chi connectivity index (χ2n) is 11.5. The lowest BCUT2D eigenvalue weighted by Crippen LogP contribution is -2.23. The topological polar surface area (TPSA) is 121 Å². The summed E-state index contributed by atoms with van der Waals surface area (Å²) in [5.74, 6) is 1.72. The average molecular weight is 602 g/mol. The highest BCUT2D eigenvalue weighted by molar-refractivity contribution is 7.92. The maximum absolute atomic E-state index is 13.2. The van der Waals surface area contributed by atoms with E-state index in [1.54, 1.807) is 42.7 Å². The maximum atomic E-state index is 13.2. The monoisotopic (exact) mass is 601 g/mol. The summed E-state index contributed by atoms with van der Waals surface area (Å²) in [5.41, 5.74) is 4.26. The van der Waals surface area contributed by atoms with E-state index in [4.69, 9.17) is 4.42 Å². The van der Waals surface area contributed by atoms with E-state index >= 15 is 0 Å². The van der Waals surface area contributed by atoms with Crippen molar-refractivity contribution in [3.05, 3.63) is 95.6 Å². The Morgan fingerprint density at radius 3 is 2.67 bits per heavy atom. The lowest BCUT2D eigenvalue weighted by atomic mass is 10.0. The van der Waals surface area contributed by atoms with Crippen molar-refractivity contribution < 1.29 is 17.9 Å². The van der Waals surface area contributed by atoms with Gasteiger partial charge in [0.2, 0.25) is 0 Å². The highest BCUT2D eigenvalue weighted by Gasteiger charge is 2.27. The Balaban J connectivity index is 1.01. The van der Waals surface area contributed by atoms with E-state index in [1.165, 1.54) is 25.7 Å². The number of hydrogen-bond acceptors (Lipinski definition) is 8. The third-order valence-electron chi connectivity index (χ3n) is 8.51. The average Bonchev–Trinajstić information content (AvgIpc) is 3.80. The number of rotatable bonds is 13. The minimum Gasteiger partial charge on any atom is -0.428 e.